The molecule has 1 aliphatic rings. The Balaban J connectivity index is 3.72. The summed E-state index contributed by atoms with van der Waals surface area (Å²) < 4.78 is 57.4. The number of hydrogen-bond acceptors (Lipinski definition) is 0. The molecule has 0 aromatic carbocycles. The third kappa shape index (κ3) is 1.18. The minimum atomic E-state index is -4.04. The highest BCUT2D eigenvalue weighted by Crippen LogP contribution is 2.75. The highest BCUT2D eigenvalue weighted by molar-refractivity contribution is 5.20. The van der Waals surface area contributed by atoms with Crippen LogP contribution in [0.1, 0.15) is 55.4 Å². The summed E-state index contributed by atoms with van der Waals surface area (Å²) in [5, 5.41) is 0. The fourth-order valence-corrected chi connectivity index (χ4v) is 3.13. The lowest BCUT2D eigenvalue weighted by molar-refractivity contribution is -0.393. The zero-order valence-corrected chi connectivity index (χ0v) is 12.5. The van der Waals surface area contributed by atoms with Crippen LogP contribution in [-0.2, 0) is 0 Å². The van der Waals surface area contributed by atoms with Gasteiger partial charge >= 0.3 is 11.8 Å². The first kappa shape index (κ1) is 15.8. The van der Waals surface area contributed by atoms with Gasteiger partial charge in [-0.05, 0) is 10.8 Å². The quantitative estimate of drug-likeness (QED) is 0.518. The molecule has 1 rings (SSSR count). The molecule has 0 saturated heterocycles. The van der Waals surface area contributed by atoms with Crippen LogP contribution in [0.15, 0.2) is 0 Å². The molecule has 18 heavy (non-hydrogen) atoms. The first-order chi connectivity index (χ1) is 7.50. The van der Waals surface area contributed by atoms with Crippen molar-refractivity contribution in [1.29, 1.82) is 0 Å². The second kappa shape index (κ2) is 3.24. The molecular formula is C14H24F4. The van der Waals surface area contributed by atoms with E-state index in [1.807, 2.05) is 0 Å². The number of halogens is 4. The van der Waals surface area contributed by atoms with E-state index in [9.17, 15) is 17.6 Å². The summed E-state index contributed by atoms with van der Waals surface area (Å²) in [5.74, 6) is -8.08. The molecule has 0 N–H and O–H groups in total. The monoisotopic (exact) mass is 268 g/mol. The van der Waals surface area contributed by atoms with Crippen molar-refractivity contribution in [2.24, 2.45) is 21.7 Å². The predicted molar refractivity (Wildman–Crippen MR) is 65.0 cm³/mol. The molecule has 0 aromatic heterocycles. The molecule has 1 saturated carbocycles. The summed E-state index contributed by atoms with van der Waals surface area (Å²) in [4.78, 5) is 0. The molecule has 0 bridgehead atoms. The van der Waals surface area contributed by atoms with Crippen molar-refractivity contribution in [3.63, 3.8) is 0 Å². The van der Waals surface area contributed by atoms with E-state index in [-0.39, 0.29) is 0 Å². The summed E-state index contributed by atoms with van der Waals surface area (Å²) in [6.07, 6.45) is 0. The first-order valence-electron chi connectivity index (χ1n) is 6.26. The summed E-state index contributed by atoms with van der Waals surface area (Å²) in [5.41, 5.74) is -5.45. The van der Waals surface area contributed by atoms with Crippen LogP contribution in [0.25, 0.3) is 0 Å². The van der Waals surface area contributed by atoms with Gasteiger partial charge in [-0.25, -0.2) is 0 Å². The van der Waals surface area contributed by atoms with Gasteiger partial charge in [-0.3, -0.25) is 0 Å². The lowest BCUT2D eigenvalue weighted by Crippen LogP contribution is -2.74. The Morgan fingerprint density at radius 2 is 0.556 bits per heavy atom. The fraction of sp³-hybridized carbons (Fsp3) is 1.00. The first-order valence-corrected chi connectivity index (χ1v) is 6.26. The van der Waals surface area contributed by atoms with Crippen LogP contribution >= 0.6 is 0 Å². The average Bonchev–Trinajstić information content (AvgIpc) is 2.14. The van der Waals surface area contributed by atoms with Gasteiger partial charge in [0.2, 0.25) is 0 Å². The van der Waals surface area contributed by atoms with Crippen molar-refractivity contribution in [3.8, 4) is 0 Å². The third-order valence-corrected chi connectivity index (χ3v) is 6.65. The second-order valence-corrected chi connectivity index (χ2v) is 7.65. The second-order valence-electron chi connectivity index (χ2n) is 7.65. The van der Waals surface area contributed by atoms with Crippen molar-refractivity contribution in [2.75, 3.05) is 0 Å². The van der Waals surface area contributed by atoms with Gasteiger partial charge in [-0.2, -0.15) is 17.6 Å². The number of hydrogen-bond donors (Lipinski definition) is 0. The molecule has 0 nitrogen and oxygen atoms in total. The molecule has 0 atom stereocenters. The zero-order chi connectivity index (χ0) is 15.0. The Bertz CT molecular complexity index is 245. The van der Waals surface area contributed by atoms with E-state index in [0.717, 1.165) is 0 Å². The van der Waals surface area contributed by atoms with Gasteiger partial charge in [-0.1, -0.05) is 55.4 Å². The van der Waals surface area contributed by atoms with Gasteiger partial charge in [0.25, 0.3) is 0 Å². The number of alkyl halides is 4. The fourth-order valence-electron chi connectivity index (χ4n) is 3.13. The molecule has 0 spiro atoms. The van der Waals surface area contributed by atoms with Gasteiger partial charge in [0.05, 0.1) is 0 Å². The SMILES string of the molecule is CC1(C)C(C)(C)C(C)(C)C(F)(F)C(F)(F)C1(C)C. The lowest BCUT2D eigenvalue weighted by atomic mass is 9.39. The Hall–Kier alpha value is -0.280. The van der Waals surface area contributed by atoms with Crippen molar-refractivity contribution >= 4 is 0 Å². The summed E-state index contributed by atoms with van der Waals surface area (Å²) in [6, 6.07) is 0. The smallest absolute Gasteiger partial charge is 0.199 e. The maximum atomic E-state index is 14.3. The lowest BCUT2D eigenvalue weighted by Gasteiger charge is -2.68. The normalized spacial score (nSPS) is 34.0. The van der Waals surface area contributed by atoms with E-state index in [0.29, 0.717) is 0 Å². The van der Waals surface area contributed by atoms with Crippen LogP contribution in [0.5, 0.6) is 0 Å². The minimum absolute atomic E-state index is 0.936. The molecule has 0 heterocycles. The van der Waals surface area contributed by atoms with Crippen molar-refractivity contribution in [3.05, 3.63) is 0 Å². The van der Waals surface area contributed by atoms with Crippen LogP contribution in [0, 0.1) is 21.7 Å². The van der Waals surface area contributed by atoms with E-state index in [1.165, 1.54) is 27.7 Å². The van der Waals surface area contributed by atoms with E-state index in [2.05, 4.69) is 0 Å². The highest BCUT2D eigenvalue weighted by Gasteiger charge is 2.82. The van der Waals surface area contributed by atoms with E-state index < -0.39 is 33.5 Å². The van der Waals surface area contributed by atoms with Crippen molar-refractivity contribution in [1.82, 2.24) is 0 Å². The molecule has 1 aliphatic carbocycles. The Labute approximate surface area is 107 Å². The van der Waals surface area contributed by atoms with Gasteiger partial charge in [0, 0.05) is 10.8 Å². The van der Waals surface area contributed by atoms with Crippen molar-refractivity contribution < 1.29 is 17.6 Å². The predicted octanol–water partition coefficient (Wildman–Crippen LogP) is 5.38. The van der Waals surface area contributed by atoms with E-state index in [1.54, 1.807) is 27.7 Å². The van der Waals surface area contributed by atoms with Crippen LogP contribution < -0.4 is 0 Å². The van der Waals surface area contributed by atoms with E-state index >= 15 is 0 Å². The van der Waals surface area contributed by atoms with Crippen LogP contribution in [0.3, 0.4) is 0 Å². The Kier molecular flexibility index (Phi) is 2.84. The largest absolute Gasteiger partial charge is 0.316 e. The summed E-state index contributed by atoms with van der Waals surface area (Å²) in [6.45, 7) is 11.6. The molecule has 0 aromatic rings. The molecular weight excluding hydrogens is 244 g/mol. The van der Waals surface area contributed by atoms with Crippen LogP contribution in [0.4, 0.5) is 17.6 Å². The zero-order valence-electron chi connectivity index (χ0n) is 12.5. The topological polar surface area (TPSA) is 0 Å². The molecule has 0 unspecified atom stereocenters. The Morgan fingerprint density at radius 1 is 0.389 bits per heavy atom. The molecule has 1 fully saturated rings. The van der Waals surface area contributed by atoms with Gasteiger partial charge in [0.1, 0.15) is 0 Å². The molecule has 108 valence electrons. The van der Waals surface area contributed by atoms with Gasteiger partial charge in [-0.15, -0.1) is 0 Å². The minimum Gasteiger partial charge on any atom is -0.199 e. The van der Waals surface area contributed by atoms with Crippen LogP contribution in [0.2, 0.25) is 0 Å². The summed E-state index contributed by atoms with van der Waals surface area (Å²) in [7, 11) is 0. The number of rotatable bonds is 0. The standard InChI is InChI=1S/C14H24F4/c1-9(2)10(3,4)12(7,8)14(17,18)13(15,16)11(9,5)6/h1-8H3. The highest BCUT2D eigenvalue weighted by atomic mass is 19.3. The van der Waals surface area contributed by atoms with Gasteiger partial charge in [0.15, 0.2) is 0 Å². The maximum Gasteiger partial charge on any atom is 0.316 e. The molecule has 4 heteroatoms. The van der Waals surface area contributed by atoms with Crippen LogP contribution in [-0.4, -0.2) is 11.8 Å². The van der Waals surface area contributed by atoms with Gasteiger partial charge < -0.3 is 0 Å². The average molecular weight is 268 g/mol. The van der Waals surface area contributed by atoms with E-state index in [4.69, 9.17) is 0 Å². The maximum absolute atomic E-state index is 14.3. The summed E-state index contributed by atoms with van der Waals surface area (Å²) >= 11 is 0. The molecule has 0 radical (unpaired) electrons. The Morgan fingerprint density at radius 3 is 0.722 bits per heavy atom. The molecule has 0 aliphatic heterocycles. The third-order valence-electron chi connectivity index (χ3n) is 6.65. The van der Waals surface area contributed by atoms with Crippen molar-refractivity contribution in [2.45, 2.75) is 67.2 Å². The molecule has 0 amide bonds.